The molecule has 0 spiro atoms. The van der Waals surface area contributed by atoms with Crippen molar-refractivity contribution in [2.24, 2.45) is 0 Å². The molecule has 0 amide bonds. The normalized spacial score (nSPS) is 18.1. The topological polar surface area (TPSA) is 34.1 Å². The molecule has 0 N–H and O–H groups in total. The number of alkyl halides is 2. The van der Waals surface area contributed by atoms with E-state index in [9.17, 15) is 9.59 Å². The second kappa shape index (κ2) is 3.52. The number of Topliss-reactive ketones (excluding diaryl/α,β-unsaturated/α-hetero) is 2. The van der Waals surface area contributed by atoms with Crippen LogP contribution in [0.5, 0.6) is 0 Å². The lowest BCUT2D eigenvalue weighted by Gasteiger charge is -2.06. The van der Waals surface area contributed by atoms with Crippen LogP contribution in [0.25, 0.3) is 0 Å². The molecule has 0 fully saturated rings. The third-order valence-corrected chi connectivity index (χ3v) is 3.99. The first-order valence-corrected chi connectivity index (χ1v) is 6.17. The molecule has 78 valence electrons. The van der Waals surface area contributed by atoms with Crippen LogP contribution in [0.2, 0.25) is 0 Å². The lowest BCUT2D eigenvalue weighted by atomic mass is 10.0. The summed E-state index contributed by atoms with van der Waals surface area (Å²) in [5.41, 5.74) is 2.06. The molecule has 0 saturated heterocycles. The molecule has 0 heterocycles. The Kier molecular flexibility index (Phi) is 2.59. The zero-order chi connectivity index (χ0) is 11.2. The van der Waals surface area contributed by atoms with E-state index in [1.54, 1.807) is 12.1 Å². The number of fused-ring (bicyclic) bond motifs is 1. The predicted octanol–water partition coefficient (Wildman–Crippen LogP) is 3.11. The van der Waals surface area contributed by atoms with Crippen molar-refractivity contribution in [2.45, 2.75) is 16.6 Å². The first-order valence-electron chi connectivity index (χ1n) is 4.58. The standard InChI is InChI=1S/C11H8Br2O2/c1-2-6-3-4-7-8(5-6)10(15)11(12,13)9(7)14/h3-5H,2H2,1H3. The van der Waals surface area contributed by atoms with Crippen LogP contribution in [0.3, 0.4) is 0 Å². The van der Waals surface area contributed by atoms with E-state index in [0.717, 1.165) is 12.0 Å². The Balaban J connectivity index is 2.63. The van der Waals surface area contributed by atoms with Gasteiger partial charge >= 0.3 is 0 Å². The van der Waals surface area contributed by atoms with E-state index in [4.69, 9.17) is 0 Å². The van der Waals surface area contributed by atoms with E-state index in [-0.39, 0.29) is 11.6 Å². The minimum Gasteiger partial charge on any atom is -0.291 e. The van der Waals surface area contributed by atoms with E-state index in [2.05, 4.69) is 31.9 Å². The van der Waals surface area contributed by atoms with E-state index in [1.807, 2.05) is 13.0 Å². The van der Waals surface area contributed by atoms with Crippen LogP contribution in [0, 0.1) is 0 Å². The Morgan fingerprint density at radius 1 is 1.13 bits per heavy atom. The van der Waals surface area contributed by atoms with Crippen LogP contribution in [0.1, 0.15) is 33.2 Å². The van der Waals surface area contributed by atoms with Gasteiger partial charge in [0.25, 0.3) is 0 Å². The number of halogens is 2. The van der Waals surface area contributed by atoms with Gasteiger partial charge in [-0.1, -0.05) is 50.9 Å². The molecule has 1 aromatic rings. The summed E-state index contributed by atoms with van der Waals surface area (Å²) in [5, 5.41) is 0. The quantitative estimate of drug-likeness (QED) is 0.585. The smallest absolute Gasteiger partial charge is 0.205 e. The molecule has 1 aliphatic rings. The first-order chi connectivity index (χ1) is 6.98. The molecule has 0 aromatic heterocycles. The Labute approximate surface area is 104 Å². The number of carbonyl (C=O) groups excluding carboxylic acids is 2. The van der Waals surface area contributed by atoms with Crippen LogP contribution in [-0.2, 0) is 6.42 Å². The molecule has 2 nitrogen and oxygen atoms in total. The molecule has 0 aliphatic heterocycles. The molecule has 4 heteroatoms. The highest BCUT2D eigenvalue weighted by molar-refractivity contribution is 9.26. The molecule has 0 atom stereocenters. The van der Waals surface area contributed by atoms with E-state index in [0.29, 0.717) is 11.1 Å². The molecule has 1 aliphatic carbocycles. The fourth-order valence-corrected chi connectivity index (χ4v) is 2.49. The van der Waals surface area contributed by atoms with Gasteiger partial charge in [0.1, 0.15) is 0 Å². The van der Waals surface area contributed by atoms with Crippen molar-refractivity contribution in [1.29, 1.82) is 0 Å². The fraction of sp³-hybridized carbons (Fsp3) is 0.273. The molecule has 2 rings (SSSR count). The summed E-state index contributed by atoms with van der Waals surface area (Å²) in [4.78, 5) is 23.7. The predicted molar refractivity (Wildman–Crippen MR) is 65.1 cm³/mol. The largest absolute Gasteiger partial charge is 0.291 e. The number of hydrogen-bond acceptors (Lipinski definition) is 2. The second-order valence-corrected chi connectivity index (χ2v) is 6.91. The van der Waals surface area contributed by atoms with Gasteiger partial charge in [-0.05, 0) is 18.1 Å². The Hall–Kier alpha value is -0.480. The van der Waals surface area contributed by atoms with Gasteiger partial charge in [0.15, 0.2) is 11.6 Å². The highest BCUT2D eigenvalue weighted by Gasteiger charge is 2.49. The van der Waals surface area contributed by atoms with Crippen molar-refractivity contribution in [2.75, 3.05) is 0 Å². The molecular weight excluding hydrogens is 324 g/mol. The summed E-state index contributed by atoms with van der Waals surface area (Å²) < 4.78 is -1.24. The maximum atomic E-state index is 11.9. The van der Waals surface area contributed by atoms with Crippen molar-refractivity contribution in [3.8, 4) is 0 Å². The zero-order valence-corrected chi connectivity index (χ0v) is 11.2. The first kappa shape index (κ1) is 11.0. The SMILES string of the molecule is CCc1ccc2c(c1)C(=O)C(Br)(Br)C2=O. The third kappa shape index (κ3) is 1.51. The maximum Gasteiger partial charge on any atom is 0.205 e. The van der Waals surface area contributed by atoms with Crippen LogP contribution in [0.15, 0.2) is 18.2 Å². The minimum atomic E-state index is -1.24. The summed E-state index contributed by atoms with van der Waals surface area (Å²) in [5.74, 6) is -0.428. The van der Waals surface area contributed by atoms with Crippen molar-refractivity contribution in [3.63, 3.8) is 0 Å². The van der Waals surface area contributed by atoms with Crippen LogP contribution < -0.4 is 0 Å². The summed E-state index contributed by atoms with van der Waals surface area (Å²) >= 11 is 6.24. The summed E-state index contributed by atoms with van der Waals surface area (Å²) in [7, 11) is 0. The number of rotatable bonds is 1. The highest BCUT2D eigenvalue weighted by atomic mass is 79.9. The molecule has 0 saturated carbocycles. The Morgan fingerprint density at radius 3 is 2.33 bits per heavy atom. The van der Waals surface area contributed by atoms with Crippen molar-refractivity contribution in [1.82, 2.24) is 0 Å². The monoisotopic (exact) mass is 330 g/mol. The second-order valence-electron chi connectivity index (χ2n) is 3.47. The van der Waals surface area contributed by atoms with E-state index < -0.39 is 3.23 Å². The lowest BCUT2D eigenvalue weighted by Crippen LogP contribution is -2.25. The number of hydrogen-bond donors (Lipinski definition) is 0. The van der Waals surface area contributed by atoms with E-state index in [1.165, 1.54) is 0 Å². The zero-order valence-electron chi connectivity index (χ0n) is 8.01. The lowest BCUT2D eigenvalue weighted by molar-refractivity contribution is 0.0922. The highest BCUT2D eigenvalue weighted by Crippen LogP contribution is 2.41. The number of carbonyl (C=O) groups is 2. The summed E-state index contributed by atoms with van der Waals surface area (Å²) in [6.07, 6.45) is 0.853. The number of benzene rings is 1. The van der Waals surface area contributed by atoms with Crippen molar-refractivity contribution >= 4 is 43.4 Å². The molecule has 15 heavy (non-hydrogen) atoms. The van der Waals surface area contributed by atoms with Gasteiger partial charge in [-0.2, -0.15) is 0 Å². The molecule has 1 aromatic carbocycles. The van der Waals surface area contributed by atoms with Gasteiger partial charge in [-0.15, -0.1) is 0 Å². The van der Waals surface area contributed by atoms with Gasteiger partial charge in [-0.3, -0.25) is 9.59 Å². The van der Waals surface area contributed by atoms with E-state index >= 15 is 0 Å². The van der Waals surface area contributed by atoms with Crippen LogP contribution in [-0.4, -0.2) is 14.8 Å². The maximum absolute atomic E-state index is 11.9. The van der Waals surface area contributed by atoms with Crippen molar-refractivity contribution < 1.29 is 9.59 Å². The minimum absolute atomic E-state index is 0.210. The van der Waals surface area contributed by atoms with Gasteiger partial charge in [-0.25, -0.2) is 0 Å². The molecular formula is C11H8Br2O2. The van der Waals surface area contributed by atoms with Gasteiger partial charge in [0, 0.05) is 11.1 Å². The Bertz CT molecular complexity index is 464. The average Bonchev–Trinajstić information content (AvgIpc) is 2.40. The summed E-state index contributed by atoms with van der Waals surface area (Å²) in [6, 6.07) is 5.39. The fourth-order valence-electron chi connectivity index (χ4n) is 1.64. The number of aryl methyl sites for hydroxylation is 1. The number of ketones is 2. The Morgan fingerprint density at radius 2 is 1.73 bits per heavy atom. The van der Waals surface area contributed by atoms with Crippen molar-refractivity contribution in [3.05, 3.63) is 34.9 Å². The van der Waals surface area contributed by atoms with Crippen LogP contribution in [0.4, 0.5) is 0 Å². The third-order valence-electron chi connectivity index (χ3n) is 2.55. The summed E-state index contributed by atoms with van der Waals surface area (Å²) in [6.45, 7) is 2.01. The van der Waals surface area contributed by atoms with Crippen LogP contribution >= 0.6 is 31.9 Å². The molecule has 0 unspecified atom stereocenters. The molecule has 0 bridgehead atoms. The van der Waals surface area contributed by atoms with Gasteiger partial charge in [0.2, 0.25) is 3.23 Å². The molecule has 0 radical (unpaired) electrons. The van der Waals surface area contributed by atoms with Gasteiger partial charge < -0.3 is 0 Å². The average molecular weight is 332 g/mol. The van der Waals surface area contributed by atoms with Gasteiger partial charge in [0.05, 0.1) is 0 Å².